The summed E-state index contributed by atoms with van der Waals surface area (Å²) in [6.07, 6.45) is 1.05. The van der Waals surface area contributed by atoms with E-state index in [4.69, 9.17) is 10.2 Å². The van der Waals surface area contributed by atoms with Crippen LogP contribution in [0.25, 0.3) is 0 Å². The second-order valence-electron chi connectivity index (χ2n) is 3.50. The van der Waals surface area contributed by atoms with Gasteiger partial charge in [0.1, 0.15) is 6.04 Å². The van der Waals surface area contributed by atoms with Gasteiger partial charge >= 0.3 is 11.9 Å². The van der Waals surface area contributed by atoms with Crippen molar-refractivity contribution in [3.63, 3.8) is 0 Å². The summed E-state index contributed by atoms with van der Waals surface area (Å²) in [5.41, 5.74) is 0. The molecule has 1 heterocycles. The van der Waals surface area contributed by atoms with Gasteiger partial charge in [0.15, 0.2) is 0 Å². The number of aliphatic carboxylic acids is 2. The molecule has 1 amide bonds. The van der Waals surface area contributed by atoms with E-state index in [0.717, 1.165) is 18.6 Å². The van der Waals surface area contributed by atoms with Crippen LogP contribution in [0.1, 0.15) is 19.3 Å². The quantitative estimate of drug-likeness (QED) is 0.628. The SMILES string of the molecule is O=C(O)CC(NC(=O)C1CCCS1)C(=O)O. The smallest absolute Gasteiger partial charge is 0.326 e. The molecule has 0 bridgehead atoms. The average molecular weight is 247 g/mol. The van der Waals surface area contributed by atoms with Crippen molar-refractivity contribution in [1.82, 2.24) is 5.32 Å². The van der Waals surface area contributed by atoms with Crippen LogP contribution in [0, 0.1) is 0 Å². The predicted octanol–water partition coefficient (Wildman–Crippen LogP) is -0.0739. The lowest BCUT2D eigenvalue weighted by molar-refractivity contribution is -0.147. The van der Waals surface area contributed by atoms with Crippen LogP contribution in [0.4, 0.5) is 0 Å². The van der Waals surface area contributed by atoms with Crippen molar-refractivity contribution in [2.24, 2.45) is 0 Å². The predicted molar refractivity (Wildman–Crippen MR) is 57.3 cm³/mol. The van der Waals surface area contributed by atoms with E-state index in [-0.39, 0.29) is 11.2 Å². The van der Waals surface area contributed by atoms with Crippen LogP contribution in [-0.2, 0) is 14.4 Å². The number of carbonyl (C=O) groups excluding carboxylic acids is 1. The zero-order valence-corrected chi connectivity index (χ0v) is 9.33. The average Bonchev–Trinajstić information content (AvgIpc) is 2.68. The zero-order chi connectivity index (χ0) is 12.1. The standard InChI is InChI=1S/C9H13NO5S/c11-7(12)4-5(9(14)15)10-8(13)6-2-1-3-16-6/h5-6H,1-4H2,(H,10,13)(H,11,12)(H,14,15). The molecule has 7 heteroatoms. The van der Waals surface area contributed by atoms with Gasteiger partial charge in [-0.3, -0.25) is 9.59 Å². The van der Waals surface area contributed by atoms with Crippen molar-refractivity contribution >= 4 is 29.6 Å². The third-order valence-corrected chi connectivity index (χ3v) is 3.59. The highest BCUT2D eigenvalue weighted by Gasteiger charge is 2.29. The molecule has 90 valence electrons. The molecule has 2 atom stereocenters. The van der Waals surface area contributed by atoms with E-state index in [1.54, 1.807) is 0 Å². The van der Waals surface area contributed by atoms with Gasteiger partial charge in [0.25, 0.3) is 0 Å². The highest BCUT2D eigenvalue weighted by Crippen LogP contribution is 2.26. The van der Waals surface area contributed by atoms with E-state index in [2.05, 4.69) is 5.32 Å². The summed E-state index contributed by atoms with van der Waals surface area (Å²) in [7, 11) is 0. The van der Waals surface area contributed by atoms with E-state index < -0.39 is 24.4 Å². The van der Waals surface area contributed by atoms with E-state index in [0.29, 0.717) is 0 Å². The fourth-order valence-corrected chi connectivity index (χ4v) is 2.59. The van der Waals surface area contributed by atoms with E-state index >= 15 is 0 Å². The first-order chi connectivity index (χ1) is 7.50. The zero-order valence-electron chi connectivity index (χ0n) is 8.51. The molecule has 1 saturated heterocycles. The Hall–Kier alpha value is -1.24. The van der Waals surface area contributed by atoms with Crippen LogP contribution in [0.15, 0.2) is 0 Å². The summed E-state index contributed by atoms with van der Waals surface area (Å²) in [6, 6.07) is -1.34. The van der Waals surface area contributed by atoms with E-state index in [1.165, 1.54) is 11.8 Å². The Kier molecular flexibility index (Phi) is 4.60. The third kappa shape index (κ3) is 3.73. The minimum atomic E-state index is -1.34. The first-order valence-corrected chi connectivity index (χ1v) is 5.92. The molecule has 1 aliphatic rings. The third-order valence-electron chi connectivity index (χ3n) is 2.22. The van der Waals surface area contributed by atoms with Crippen molar-refractivity contribution < 1.29 is 24.6 Å². The lowest BCUT2D eigenvalue weighted by Gasteiger charge is -2.15. The number of hydrogen-bond acceptors (Lipinski definition) is 4. The van der Waals surface area contributed by atoms with Gasteiger partial charge in [0.05, 0.1) is 11.7 Å². The summed E-state index contributed by atoms with van der Waals surface area (Å²) >= 11 is 1.47. The highest BCUT2D eigenvalue weighted by molar-refractivity contribution is 8.00. The van der Waals surface area contributed by atoms with Gasteiger partial charge in [-0.05, 0) is 18.6 Å². The Morgan fingerprint density at radius 1 is 1.38 bits per heavy atom. The Morgan fingerprint density at radius 2 is 2.06 bits per heavy atom. The second kappa shape index (κ2) is 5.74. The topological polar surface area (TPSA) is 104 Å². The normalized spacial score (nSPS) is 21.4. The van der Waals surface area contributed by atoms with Gasteiger partial charge in [-0.2, -0.15) is 0 Å². The molecule has 0 aliphatic carbocycles. The molecule has 1 fully saturated rings. The highest BCUT2D eigenvalue weighted by atomic mass is 32.2. The minimum Gasteiger partial charge on any atom is -0.481 e. The number of thioether (sulfide) groups is 1. The molecule has 3 N–H and O–H groups in total. The number of carboxylic acids is 2. The number of rotatable bonds is 5. The molecule has 1 rings (SSSR count). The maximum Gasteiger partial charge on any atom is 0.326 e. The van der Waals surface area contributed by atoms with Gasteiger partial charge in [0, 0.05) is 0 Å². The molecule has 1 aliphatic heterocycles. The van der Waals surface area contributed by atoms with E-state index in [1.807, 2.05) is 0 Å². The van der Waals surface area contributed by atoms with Gasteiger partial charge in [-0.15, -0.1) is 11.8 Å². The van der Waals surface area contributed by atoms with Crippen LogP contribution in [0.5, 0.6) is 0 Å². The van der Waals surface area contributed by atoms with Gasteiger partial charge in [-0.1, -0.05) is 0 Å². The van der Waals surface area contributed by atoms with Gasteiger partial charge < -0.3 is 15.5 Å². The summed E-state index contributed by atoms with van der Waals surface area (Å²) in [5, 5.41) is 19.2. The number of carboxylic acid groups (broad SMARTS) is 2. The largest absolute Gasteiger partial charge is 0.481 e. The van der Waals surface area contributed by atoms with Crippen LogP contribution in [0.3, 0.4) is 0 Å². The van der Waals surface area contributed by atoms with Crippen LogP contribution < -0.4 is 5.32 Å². The molecule has 0 aromatic carbocycles. The summed E-state index contributed by atoms with van der Waals surface area (Å²) in [6.45, 7) is 0. The van der Waals surface area contributed by atoms with Crippen LogP contribution in [-0.4, -0.2) is 45.1 Å². The molecule has 0 radical (unpaired) electrons. The molecular weight excluding hydrogens is 234 g/mol. The number of carbonyl (C=O) groups is 3. The second-order valence-corrected chi connectivity index (χ2v) is 4.81. The lowest BCUT2D eigenvalue weighted by atomic mass is 10.2. The molecule has 0 aromatic heterocycles. The molecule has 2 unspecified atom stereocenters. The Bertz CT molecular complexity index is 300. The fraction of sp³-hybridized carbons (Fsp3) is 0.667. The summed E-state index contributed by atoms with van der Waals surface area (Å²) in [5.74, 6) is -2.06. The van der Waals surface area contributed by atoms with Crippen molar-refractivity contribution in [2.45, 2.75) is 30.6 Å². The Labute approximate surface area is 96.4 Å². The number of nitrogens with one attached hydrogen (secondary N) is 1. The number of hydrogen-bond donors (Lipinski definition) is 3. The van der Waals surface area contributed by atoms with Crippen molar-refractivity contribution in [3.05, 3.63) is 0 Å². The van der Waals surface area contributed by atoms with Crippen molar-refractivity contribution in [3.8, 4) is 0 Å². The van der Waals surface area contributed by atoms with Gasteiger partial charge in [-0.25, -0.2) is 4.79 Å². The molecule has 0 saturated carbocycles. The lowest BCUT2D eigenvalue weighted by Crippen LogP contribution is -2.45. The monoisotopic (exact) mass is 247 g/mol. The Balaban J connectivity index is 2.50. The molecular formula is C9H13NO5S. The first kappa shape index (κ1) is 12.8. The molecule has 6 nitrogen and oxygen atoms in total. The van der Waals surface area contributed by atoms with Crippen LogP contribution >= 0.6 is 11.8 Å². The maximum atomic E-state index is 11.6. The van der Waals surface area contributed by atoms with E-state index in [9.17, 15) is 14.4 Å². The van der Waals surface area contributed by atoms with Crippen molar-refractivity contribution in [2.75, 3.05) is 5.75 Å². The fourth-order valence-electron chi connectivity index (χ4n) is 1.42. The maximum absolute atomic E-state index is 11.6. The molecule has 16 heavy (non-hydrogen) atoms. The summed E-state index contributed by atoms with van der Waals surface area (Å²) < 4.78 is 0. The molecule has 0 aromatic rings. The van der Waals surface area contributed by atoms with Crippen LogP contribution in [0.2, 0.25) is 0 Å². The Morgan fingerprint density at radius 3 is 2.50 bits per heavy atom. The molecule has 0 spiro atoms. The summed E-state index contributed by atoms with van der Waals surface area (Å²) in [4.78, 5) is 32.7. The first-order valence-electron chi connectivity index (χ1n) is 4.87. The van der Waals surface area contributed by atoms with Crippen molar-refractivity contribution in [1.29, 1.82) is 0 Å². The minimum absolute atomic E-state index is 0.240. The number of amides is 1. The van der Waals surface area contributed by atoms with Gasteiger partial charge in [0.2, 0.25) is 5.91 Å².